The third-order valence-electron chi connectivity index (χ3n) is 5.12. The number of carbonyl (C=O) groups excluding carboxylic acids is 1. The number of carbonyl (C=O) groups is 1. The SMILES string of the molecule is C[N-]N1CC[C@H](C(=O)Nc2cc3cc(-c4c(C)noc4C)ccc3cn2)C1. The van der Waals surface area contributed by atoms with Crippen molar-refractivity contribution in [3.05, 3.63) is 47.3 Å². The van der Waals surface area contributed by atoms with Gasteiger partial charge >= 0.3 is 0 Å². The van der Waals surface area contributed by atoms with Crippen molar-refractivity contribution >= 4 is 22.5 Å². The number of aromatic nitrogens is 2. The van der Waals surface area contributed by atoms with Crippen LogP contribution in [0.4, 0.5) is 5.82 Å². The summed E-state index contributed by atoms with van der Waals surface area (Å²) >= 11 is 0. The molecule has 1 amide bonds. The standard InChI is InChI=1S/C20H22N5O2/c1-12-19(13(2)27-24-12)14-4-5-15-10-22-18(9-17(15)8-14)23-20(26)16-6-7-25(11-16)21-3/h4-5,8-10,16H,6-7,11H2,1-3H3,(H,22,23,26)/q-1/t16-/m0/s1. The molecule has 1 fully saturated rings. The molecular formula is C20H22N5O2-. The topological polar surface area (TPSA) is 85.4 Å². The van der Waals surface area contributed by atoms with E-state index in [4.69, 9.17) is 4.52 Å². The van der Waals surface area contributed by atoms with Crippen LogP contribution in [0, 0.1) is 19.8 Å². The number of rotatable bonds is 4. The Bertz CT molecular complexity index is 978. The number of anilines is 1. The van der Waals surface area contributed by atoms with Crippen molar-refractivity contribution in [1.82, 2.24) is 15.1 Å². The number of fused-ring (bicyclic) bond motifs is 1. The zero-order valence-corrected chi connectivity index (χ0v) is 15.7. The maximum absolute atomic E-state index is 12.5. The van der Waals surface area contributed by atoms with E-state index in [1.165, 1.54) is 0 Å². The number of aryl methyl sites for hydroxylation is 2. The van der Waals surface area contributed by atoms with E-state index in [0.717, 1.165) is 46.3 Å². The molecule has 3 heterocycles. The van der Waals surface area contributed by atoms with Crippen molar-refractivity contribution in [2.75, 3.05) is 25.5 Å². The molecule has 0 bridgehead atoms. The average Bonchev–Trinajstić information content (AvgIpc) is 3.28. The number of nitrogens with zero attached hydrogens (tertiary/aromatic N) is 4. The molecule has 0 unspecified atom stereocenters. The predicted octanol–water partition coefficient (Wildman–Crippen LogP) is 3.69. The van der Waals surface area contributed by atoms with Crippen molar-refractivity contribution in [3.8, 4) is 11.1 Å². The number of hydrogen-bond donors (Lipinski definition) is 1. The van der Waals surface area contributed by atoms with Crippen molar-refractivity contribution in [2.45, 2.75) is 20.3 Å². The maximum atomic E-state index is 12.5. The zero-order valence-electron chi connectivity index (χ0n) is 15.7. The van der Waals surface area contributed by atoms with Gasteiger partial charge in [-0.25, -0.2) is 4.98 Å². The van der Waals surface area contributed by atoms with Crippen LogP contribution in [0.25, 0.3) is 27.3 Å². The van der Waals surface area contributed by atoms with Crippen LogP contribution in [0.15, 0.2) is 35.0 Å². The maximum Gasteiger partial charge on any atom is 0.229 e. The molecular weight excluding hydrogens is 342 g/mol. The smallest absolute Gasteiger partial charge is 0.229 e. The number of amides is 1. The first kappa shape index (κ1) is 17.6. The Labute approximate surface area is 157 Å². The Kier molecular flexibility index (Phi) is 4.63. The second-order valence-electron chi connectivity index (χ2n) is 6.92. The van der Waals surface area contributed by atoms with Crippen molar-refractivity contribution in [2.24, 2.45) is 5.92 Å². The molecule has 3 aromatic rings. The first-order valence-electron chi connectivity index (χ1n) is 9.04. The molecule has 2 aromatic heterocycles. The van der Waals surface area contributed by atoms with E-state index in [1.54, 1.807) is 13.2 Å². The Balaban J connectivity index is 1.59. The van der Waals surface area contributed by atoms with Gasteiger partial charge in [-0.1, -0.05) is 17.3 Å². The summed E-state index contributed by atoms with van der Waals surface area (Å²) in [6.07, 6.45) is 2.59. The fraction of sp³-hybridized carbons (Fsp3) is 0.350. The van der Waals surface area contributed by atoms with Gasteiger partial charge in [-0.2, -0.15) is 7.05 Å². The van der Waals surface area contributed by atoms with E-state index in [9.17, 15) is 4.79 Å². The number of hydrogen-bond acceptors (Lipinski definition) is 5. The van der Waals surface area contributed by atoms with Crippen LogP contribution in [0.1, 0.15) is 17.9 Å². The quantitative estimate of drug-likeness (QED) is 0.763. The molecule has 1 aliphatic rings. The fourth-order valence-electron chi connectivity index (χ4n) is 3.63. The Morgan fingerprint density at radius 3 is 2.85 bits per heavy atom. The lowest BCUT2D eigenvalue weighted by Crippen LogP contribution is -2.25. The minimum absolute atomic E-state index is 0.00474. The van der Waals surface area contributed by atoms with E-state index in [2.05, 4.69) is 26.9 Å². The van der Waals surface area contributed by atoms with Gasteiger partial charge in [0, 0.05) is 17.1 Å². The molecule has 1 aromatic carbocycles. The van der Waals surface area contributed by atoms with Crippen molar-refractivity contribution < 1.29 is 9.32 Å². The first-order chi connectivity index (χ1) is 13.0. The first-order valence-corrected chi connectivity index (χ1v) is 9.04. The average molecular weight is 364 g/mol. The van der Waals surface area contributed by atoms with Crippen LogP contribution >= 0.6 is 0 Å². The highest BCUT2D eigenvalue weighted by atomic mass is 16.5. The number of benzene rings is 1. The molecule has 1 aliphatic heterocycles. The van der Waals surface area contributed by atoms with Crippen molar-refractivity contribution in [1.29, 1.82) is 0 Å². The molecule has 0 aliphatic carbocycles. The van der Waals surface area contributed by atoms with Gasteiger partial charge in [0.15, 0.2) is 0 Å². The molecule has 27 heavy (non-hydrogen) atoms. The Morgan fingerprint density at radius 2 is 2.15 bits per heavy atom. The molecule has 0 spiro atoms. The second kappa shape index (κ2) is 7.09. The summed E-state index contributed by atoms with van der Waals surface area (Å²) in [6, 6.07) is 8.04. The van der Waals surface area contributed by atoms with E-state index in [-0.39, 0.29) is 11.8 Å². The van der Waals surface area contributed by atoms with Crippen LogP contribution in [-0.4, -0.2) is 41.2 Å². The lowest BCUT2D eigenvalue weighted by Gasteiger charge is -2.28. The van der Waals surface area contributed by atoms with Crippen molar-refractivity contribution in [3.63, 3.8) is 0 Å². The summed E-state index contributed by atoms with van der Waals surface area (Å²) in [6.45, 7) is 5.32. The molecule has 0 saturated carbocycles. The molecule has 7 nitrogen and oxygen atoms in total. The monoisotopic (exact) mass is 364 g/mol. The van der Waals surface area contributed by atoms with E-state index in [1.807, 2.05) is 37.1 Å². The minimum atomic E-state index is -0.0557. The highest BCUT2D eigenvalue weighted by molar-refractivity contribution is 5.95. The highest BCUT2D eigenvalue weighted by Gasteiger charge is 2.24. The molecule has 1 atom stereocenters. The fourth-order valence-corrected chi connectivity index (χ4v) is 3.63. The zero-order chi connectivity index (χ0) is 19.0. The lowest BCUT2D eigenvalue weighted by molar-refractivity contribution is -0.119. The van der Waals surface area contributed by atoms with Gasteiger partial charge in [-0.05, 0) is 56.4 Å². The van der Waals surface area contributed by atoms with Crippen LogP contribution in [0.2, 0.25) is 0 Å². The summed E-state index contributed by atoms with van der Waals surface area (Å²) in [5.74, 6) is 1.30. The number of nitrogens with one attached hydrogen (secondary N) is 1. The summed E-state index contributed by atoms with van der Waals surface area (Å²) in [4.78, 5) is 16.9. The van der Waals surface area contributed by atoms with Gasteiger partial charge in [0.05, 0.1) is 11.6 Å². The second-order valence-corrected chi connectivity index (χ2v) is 6.92. The minimum Gasteiger partial charge on any atom is -0.597 e. The third-order valence-corrected chi connectivity index (χ3v) is 5.12. The summed E-state index contributed by atoms with van der Waals surface area (Å²) < 4.78 is 5.28. The Morgan fingerprint density at radius 1 is 1.30 bits per heavy atom. The van der Waals surface area contributed by atoms with Gasteiger partial charge < -0.3 is 20.3 Å². The molecule has 0 radical (unpaired) electrons. The van der Waals surface area contributed by atoms with E-state index >= 15 is 0 Å². The number of pyridine rings is 1. The predicted molar refractivity (Wildman–Crippen MR) is 104 cm³/mol. The lowest BCUT2D eigenvalue weighted by atomic mass is 10.0. The summed E-state index contributed by atoms with van der Waals surface area (Å²) in [5.41, 5.74) is 7.05. The molecule has 4 rings (SSSR count). The normalized spacial score (nSPS) is 17.5. The molecule has 7 heteroatoms. The van der Waals surface area contributed by atoms with E-state index < -0.39 is 0 Å². The highest BCUT2D eigenvalue weighted by Crippen LogP contribution is 2.30. The van der Waals surface area contributed by atoms with Gasteiger partial charge in [0.2, 0.25) is 5.91 Å². The van der Waals surface area contributed by atoms with Gasteiger partial charge in [0.25, 0.3) is 0 Å². The van der Waals surface area contributed by atoms with Crippen LogP contribution in [-0.2, 0) is 4.79 Å². The van der Waals surface area contributed by atoms with Gasteiger partial charge in [-0.15, -0.1) is 0 Å². The van der Waals surface area contributed by atoms with Gasteiger partial charge in [-0.3, -0.25) is 4.79 Å². The van der Waals surface area contributed by atoms with Crippen LogP contribution < -0.4 is 5.32 Å². The molecule has 1 N–H and O–H groups in total. The summed E-state index contributed by atoms with van der Waals surface area (Å²) in [7, 11) is 1.75. The van der Waals surface area contributed by atoms with Crippen LogP contribution in [0.5, 0.6) is 0 Å². The largest absolute Gasteiger partial charge is 0.597 e. The van der Waals surface area contributed by atoms with Crippen LogP contribution in [0.3, 0.4) is 0 Å². The third kappa shape index (κ3) is 3.43. The van der Waals surface area contributed by atoms with Gasteiger partial charge in [0.1, 0.15) is 11.6 Å². The molecule has 1 saturated heterocycles. The molecule has 140 valence electrons. The summed E-state index contributed by atoms with van der Waals surface area (Å²) in [5, 5.41) is 10.9. The Hall–Kier alpha value is -2.77. The van der Waals surface area contributed by atoms with E-state index in [0.29, 0.717) is 12.4 Å².